The molecule has 2 rings (SSSR count). The number of likely N-dealkylation sites (tertiary alicyclic amines) is 1. The van der Waals surface area contributed by atoms with Crippen LogP contribution in [0.5, 0.6) is 0 Å². The van der Waals surface area contributed by atoms with Crippen molar-refractivity contribution in [3.05, 3.63) is 0 Å². The molecular weight excluding hydrogens is 262 g/mol. The molecule has 2 atom stereocenters. The van der Waals surface area contributed by atoms with E-state index in [9.17, 15) is 4.79 Å². The molecule has 5 heteroatoms. The lowest BCUT2D eigenvalue weighted by atomic mass is 9.90. The number of rotatable bonds is 4. The van der Waals surface area contributed by atoms with Crippen molar-refractivity contribution >= 4 is 18.3 Å². The molecule has 4 nitrogen and oxygen atoms in total. The van der Waals surface area contributed by atoms with Crippen LogP contribution in [0.3, 0.4) is 0 Å². The van der Waals surface area contributed by atoms with Crippen molar-refractivity contribution in [3.63, 3.8) is 0 Å². The van der Waals surface area contributed by atoms with Gasteiger partial charge in [0.15, 0.2) is 0 Å². The first-order chi connectivity index (χ1) is 8.66. The number of nitrogens with zero attached hydrogens (tertiary/aromatic N) is 1. The Morgan fingerprint density at radius 2 is 1.95 bits per heavy atom. The highest BCUT2D eigenvalue weighted by atomic mass is 35.5. The summed E-state index contributed by atoms with van der Waals surface area (Å²) in [5.41, 5.74) is 5.44. The van der Waals surface area contributed by atoms with Crippen LogP contribution in [-0.4, -0.2) is 43.0 Å². The molecular formula is C14H28ClN3O. The molecule has 0 aromatic rings. The number of piperidine rings is 2. The summed E-state index contributed by atoms with van der Waals surface area (Å²) in [6.45, 7) is 6.63. The van der Waals surface area contributed by atoms with Crippen LogP contribution in [0.2, 0.25) is 0 Å². The summed E-state index contributed by atoms with van der Waals surface area (Å²) in [6, 6.07) is 0.613. The topological polar surface area (TPSA) is 58.4 Å². The van der Waals surface area contributed by atoms with Crippen molar-refractivity contribution in [1.29, 1.82) is 0 Å². The van der Waals surface area contributed by atoms with Gasteiger partial charge in [-0.3, -0.25) is 9.69 Å². The van der Waals surface area contributed by atoms with Gasteiger partial charge in [-0.2, -0.15) is 0 Å². The zero-order valence-electron chi connectivity index (χ0n) is 11.9. The molecule has 3 N–H and O–H groups in total. The van der Waals surface area contributed by atoms with Crippen LogP contribution in [0.4, 0.5) is 0 Å². The lowest BCUT2D eigenvalue weighted by Crippen LogP contribution is -2.46. The number of carbonyl (C=O) groups excluding carboxylic acids is 1. The molecule has 112 valence electrons. The minimum Gasteiger partial charge on any atom is -0.369 e. The second-order valence-corrected chi connectivity index (χ2v) is 6.00. The molecule has 2 heterocycles. The monoisotopic (exact) mass is 289 g/mol. The summed E-state index contributed by atoms with van der Waals surface area (Å²) in [4.78, 5) is 13.8. The molecule has 19 heavy (non-hydrogen) atoms. The maximum Gasteiger partial charge on any atom is 0.221 e. The number of nitrogens with one attached hydrogen (secondary N) is 1. The van der Waals surface area contributed by atoms with E-state index < -0.39 is 0 Å². The van der Waals surface area contributed by atoms with Crippen LogP contribution >= 0.6 is 12.4 Å². The zero-order chi connectivity index (χ0) is 13.0. The van der Waals surface area contributed by atoms with E-state index in [-0.39, 0.29) is 24.2 Å². The zero-order valence-corrected chi connectivity index (χ0v) is 12.8. The molecule has 0 aliphatic carbocycles. The SMILES string of the molecule is CC1CCC(C(N)=O)CN1CCC1CCNCC1.Cl. The van der Waals surface area contributed by atoms with Gasteiger partial charge < -0.3 is 11.1 Å². The van der Waals surface area contributed by atoms with Gasteiger partial charge in [0.2, 0.25) is 5.91 Å². The first-order valence-electron chi connectivity index (χ1n) is 7.41. The van der Waals surface area contributed by atoms with Crippen molar-refractivity contribution in [2.24, 2.45) is 17.6 Å². The Labute approximate surface area is 122 Å². The Bertz CT molecular complexity index is 282. The maximum absolute atomic E-state index is 11.3. The average molecular weight is 290 g/mol. The molecule has 0 radical (unpaired) electrons. The summed E-state index contributed by atoms with van der Waals surface area (Å²) in [5, 5.41) is 3.41. The number of hydrogen-bond donors (Lipinski definition) is 2. The van der Waals surface area contributed by atoms with E-state index in [0.29, 0.717) is 6.04 Å². The van der Waals surface area contributed by atoms with Crippen LogP contribution in [0.25, 0.3) is 0 Å². The predicted octanol–water partition coefficient (Wildman–Crippen LogP) is 1.38. The highest BCUT2D eigenvalue weighted by Crippen LogP contribution is 2.24. The smallest absolute Gasteiger partial charge is 0.221 e. The number of halogens is 1. The van der Waals surface area contributed by atoms with Gasteiger partial charge in [-0.1, -0.05) is 0 Å². The lowest BCUT2D eigenvalue weighted by Gasteiger charge is -2.38. The van der Waals surface area contributed by atoms with Gasteiger partial charge in [0, 0.05) is 12.6 Å². The third-order valence-electron chi connectivity index (χ3n) is 4.70. The van der Waals surface area contributed by atoms with Gasteiger partial charge in [0.25, 0.3) is 0 Å². The van der Waals surface area contributed by atoms with Crippen LogP contribution < -0.4 is 11.1 Å². The van der Waals surface area contributed by atoms with Gasteiger partial charge in [-0.15, -0.1) is 12.4 Å². The van der Waals surface area contributed by atoms with Crippen LogP contribution in [0.15, 0.2) is 0 Å². The lowest BCUT2D eigenvalue weighted by molar-refractivity contribution is -0.124. The summed E-state index contributed by atoms with van der Waals surface area (Å²) in [6.07, 6.45) is 5.97. The van der Waals surface area contributed by atoms with Gasteiger partial charge in [-0.05, 0) is 64.6 Å². The van der Waals surface area contributed by atoms with E-state index in [2.05, 4.69) is 17.1 Å². The summed E-state index contributed by atoms with van der Waals surface area (Å²) in [5.74, 6) is 0.829. The second-order valence-electron chi connectivity index (χ2n) is 6.00. The molecule has 2 aliphatic rings. The minimum absolute atomic E-state index is 0. The molecule has 2 aliphatic heterocycles. The summed E-state index contributed by atoms with van der Waals surface area (Å²) < 4.78 is 0. The molecule has 2 fully saturated rings. The molecule has 2 saturated heterocycles. The van der Waals surface area contributed by atoms with E-state index in [1.807, 2.05) is 0 Å². The number of carbonyl (C=O) groups is 1. The van der Waals surface area contributed by atoms with E-state index in [4.69, 9.17) is 5.73 Å². The van der Waals surface area contributed by atoms with E-state index in [1.54, 1.807) is 0 Å². The molecule has 1 amide bonds. The number of nitrogens with two attached hydrogens (primary N) is 1. The molecule has 0 spiro atoms. The third-order valence-corrected chi connectivity index (χ3v) is 4.70. The van der Waals surface area contributed by atoms with Gasteiger partial charge >= 0.3 is 0 Å². The first kappa shape index (κ1) is 16.7. The fourth-order valence-electron chi connectivity index (χ4n) is 3.24. The van der Waals surface area contributed by atoms with E-state index >= 15 is 0 Å². The van der Waals surface area contributed by atoms with Crippen LogP contribution in [-0.2, 0) is 4.79 Å². The second kappa shape index (κ2) is 8.08. The largest absolute Gasteiger partial charge is 0.369 e. The Balaban J connectivity index is 0.00000180. The predicted molar refractivity (Wildman–Crippen MR) is 80.4 cm³/mol. The Morgan fingerprint density at radius 1 is 1.26 bits per heavy atom. The van der Waals surface area contributed by atoms with Crippen molar-refractivity contribution in [1.82, 2.24) is 10.2 Å². The molecule has 2 unspecified atom stereocenters. The molecule has 0 aromatic carbocycles. The Kier molecular flexibility index (Phi) is 7.11. The fourth-order valence-corrected chi connectivity index (χ4v) is 3.24. The molecule has 0 aromatic heterocycles. The summed E-state index contributed by atoms with van der Waals surface area (Å²) in [7, 11) is 0. The highest BCUT2D eigenvalue weighted by Gasteiger charge is 2.28. The summed E-state index contributed by atoms with van der Waals surface area (Å²) >= 11 is 0. The first-order valence-corrected chi connectivity index (χ1v) is 7.41. The number of amides is 1. The normalized spacial score (nSPS) is 29.7. The van der Waals surface area contributed by atoms with Gasteiger partial charge in [-0.25, -0.2) is 0 Å². The standard InChI is InChI=1S/C14H27N3O.ClH/c1-11-2-3-13(14(15)18)10-17(11)9-6-12-4-7-16-8-5-12;/h11-13,16H,2-10H2,1H3,(H2,15,18);1H. The maximum atomic E-state index is 11.3. The molecule has 0 saturated carbocycles. The number of primary amides is 1. The fraction of sp³-hybridized carbons (Fsp3) is 0.929. The van der Waals surface area contributed by atoms with Crippen molar-refractivity contribution in [2.75, 3.05) is 26.2 Å². The van der Waals surface area contributed by atoms with Gasteiger partial charge in [0.05, 0.1) is 5.92 Å². The van der Waals surface area contributed by atoms with Crippen molar-refractivity contribution in [2.45, 2.75) is 45.1 Å². The van der Waals surface area contributed by atoms with Crippen molar-refractivity contribution in [3.8, 4) is 0 Å². The Morgan fingerprint density at radius 3 is 2.58 bits per heavy atom. The highest BCUT2D eigenvalue weighted by molar-refractivity contribution is 5.85. The van der Waals surface area contributed by atoms with Crippen LogP contribution in [0.1, 0.15) is 39.0 Å². The average Bonchev–Trinajstić information content (AvgIpc) is 2.38. The van der Waals surface area contributed by atoms with E-state index in [1.165, 1.54) is 32.4 Å². The van der Waals surface area contributed by atoms with Gasteiger partial charge in [0.1, 0.15) is 0 Å². The van der Waals surface area contributed by atoms with Crippen LogP contribution in [0, 0.1) is 11.8 Å². The van der Waals surface area contributed by atoms with E-state index in [0.717, 1.165) is 31.8 Å². The number of hydrogen-bond acceptors (Lipinski definition) is 3. The Hall–Kier alpha value is -0.320. The molecule has 0 bridgehead atoms. The minimum atomic E-state index is -0.117. The quantitative estimate of drug-likeness (QED) is 0.822. The third kappa shape index (κ3) is 4.93. The van der Waals surface area contributed by atoms with Crippen molar-refractivity contribution < 1.29 is 4.79 Å².